The molecule has 0 spiro atoms. The van der Waals surface area contributed by atoms with E-state index in [1.54, 1.807) is 24.3 Å². The molecule has 0 unspecified atom stereocenters. The molecule has 84 valence electrons. The Balaban J connectivity index is 2.24. The molecule has 0 aliphatic rings. The smallest absolute Gasteiger partial charge is 0.229 e. The molecule has 0 atom stereocenters. The zero-order valence-corrected chi connectivity index (χ0v) is 10.0. The molecular weight excluding hydrogens is 246 g/mol. The Hall–Kier alpha value is -1.47. The summed E-state index contributed by atoms with van der Waals surface area (Å²) < 4.78 is 28.1. The first kappa shape index (κ1) is 11.0. The molecule has 16 heavy (non-hydrogen) atoms. The van der Waals surface area contributed by atoms with Crippen LogP contribution in [0, 0.1) is 0 Å². The van der Waals surface area contributed by atoms with E-state index in [-0.39, 0.29) is 0 Å². The van der Waals surface area contributed by atoms with Crippen molar-refractivity contribution in [2.24, 2.45) is 0 Å². The molecule has 1 aromatic carbocycles. The van der Waals surface area contributed by atoms with Gasteiger partial charge in [0.15, 0.2) is 0 Å². The van der Waals surface area contributed by atoms with Gasteiger partial charge < -0.3 is 0 Å². The van der Waals surface area contributed by atoms with Crippen LogP contribution in [0.2, 0.25) is 0 Å². The first-order valence-corrected chi connectivity index (χ1v) is 7.13. The molecule has 0 aliphatic carbocycles. The molecule has 0 aliphatic heterocycles. The van der Waals surface area contributed by atoms with Crippen molar-refractivity contribution in [1.29, 1.82) is 0 Å². The van der Waals surface area contributed by atoms with Gasteiger partial charge in [0.05, 0.1) is 6.26 Å². The van der Waals surface area contributed by atoms with Gasteiger partial charge in [0, 0.05) is 16.6 Å². The second-order valence-corrected chi connectivity index (χ2v) is 5.60. The van der Waals surface area contributed by atoms with Crippen LogP contribution in [0.5, 0.6) is 0 Å². The normalized spacial score (nSPS) is 11.3. The zero-order chi connectivity index (χ0) is 11.6. The van der Waals surface area contributed by atoms with E-state index in [2.05, 4.69) is 14.3 Å². The van der Waals surface area contributed by atoms with Gasteiger partial charge in [-0.3, -0.25) is 4.72 Å². The molecule has 0 saturated heterocycles. The standard InChI is InChI=1S/C9H9N3O2S2/c1-16(13,14)11-8-4-2-7(3-5-8)9-6-15-12-10-9/h2-6,11H,1H3. The van der Waals surface area contributed by atoms with E-state index in [0.717, 1.165) is 17.5 Å². The van der Waals surface area contributed by atoms with Crippen LogP contribution in [-0.4, -0.2) is 24.3 Å². The third-order valence-electron chi connectivity index (χ3n) is 1.84. The number of hydrogen-bond donors (Lipinski definition) is 1. The lowest BCUT2D eigenvalue weighted by molar-refractivity contribution is 0.607. The first-order valence-electron chi connectivity index (χ1n) is 4.40. The minimum atomic E-state index is -3.22. The lowest BCUT2D eigenvalue weighted by Gasteiger charge is -2.03. The highest BCUT2D eigenvalue weighted by atomic mass is 32.2. The van der Waals surface area contributed by atoms with E-state index < -0.39 is 10.0 Å². The van der Waals surface area contributed by atoms with Crippen LogP contribution in [-0.2, 0) is 10.0 Å². The highest BCUT2D eigenvalue weighted by Crippen LogP contribution is 2.20. The Morgan fingerprint density at radius 3 is 2.44 bits per heavy atom. The number of benzene rings is 1. The molecule has 0 amide bonds. The summed E-state index contributed by atoms with van der Waals surface area (Å²) in [5.41, 5.74) is 2.23. The fourth-order valence-electron chi connectivity index (χ4n) is 1.21. The van der Waals surface area contributed by atoms with Crippen molar-refractivity contribution in [1.82, 2.24) is 9.59 Å². The lowest BCUT2D eigenvalue weighted by atomic mass is 10.2. The average molecular weight is 255 g/mol. The number of hydrogen-bond acceptors (Lipinski definition) is 5. The average Bonchev–Trinajstić information content (AvgIpc) is 2.69. The summed E-state index contributed by atoms with van der Waals surface area (Å²) in [5.74, 6) is 0. The summed E-state index contributed by atoms with van der Waals surface area (Å²) in [5, 5.41) is 5.75. The summed E-state index contributed by atoms with van der Waals surface area (Å²) in [6.07, 6.45) is 1.12. The highest BCUT2D eigenvalue weighted by Gasteiger charge is 2.03. The van der Waals surface area contributed by atoms with Crippen molar-refractivity contribution in [3.8, 4) is 11.3 Å². The largest absolute Gasteiger partial charge is 0.284 e. The van der Waals surface area contributed by atoms with Crippen LogP contribution in [0.4, 0.5) is 5.69 Å². The topological polar surface area (TPSA) is 72.0 Å². The Kier molecular flexibility index (Phi) is 2.88. The number of sulfonamides is 1. The first-order chi connectivity index (χ1) is 7.54. The number of aromatic nitrogens is 2. The van der Waals surface area contributed by atoms with Crippen LogP contribution in [0.15, 0.2) is 29.6 Å². The van der Waals surface area contributed by atoms with Gasteiger partial charge in [0.25, 0.3) is 0 Å². The molecule has 0 radical (unpaired) electrons. The van der Waals surface area contributed by atoms with Crippen LogP contribution in [0.1, 0.15) is 0 Å². The quantitative estimate of drug-likeness (QED) is 0.903. The Morgan fingerprint density at radius 1 is 1.25 bits per heavy atom. The van der Waals surface area contributed by atoms with Gasteiger partial charge >= 0.3 is 0 Å². The second-order valence-electron chi connectivity index (χ2n) is 3.24. The second kappa shape index (κ2) is 4.18. The van der Waals surface area contributed by atoms with Gasteiger partial charge in [-0.25, -0.2) is 8.42 Å². The zero-order valence-electron chi connectivity index (χ0n) is 8.41. The van der Waals surface area contributed by atoms with Crippen molar-refractivity contribution in [3.05, 3.63) is 29.6 Å². The van der Waals surface area contributed by atoms with Gasteiger partial charge in [-0.2, -0.15) is 0 Å². The fraction of sp³-hybridized carbons (Fsp3) is 0.111. The van der Waals surface area contributed by atoms with Crippen molar-refractivity contribution >= 4 is 27.2 Å². The molecule has 0 saturated carbocycles. The third-order valence-corrected chi connectivity index (χ3v) is 2.96. The highest BCUT2D eigenvalue weighted by molar-refractivity contribution is 7.92. The van der Waals surface area contributed by atoms with Gasteiger partial charge in [0.2, 0.25) is 10.0 Å². The monoisotopic (exact) mass is 255 g/mol. The molecule has 1 heterocycles. The van der Waals surface area contributed by atoms with Crippen LogP contribution < -0.4 is 4.72 Å². The molecule has 7 heteroatoms. The van der Waals surface area contributed by atoms with Gasteiger partial charge in [0.1, 0.15) is 5.69 Å². The summed E-state index contributed by atoms with van der Waals surface area (Å²) >= 11 is 1.28. The maximum atomic E-state index is 11.0. The van der Waals surface area contributed by atoms with E-state index >= 15 is 0 Å². The number of anilines is 1. The predicted octanol–water partition coefficient (Wildman–Crippen LogP) is 1.58. The maximum absolute atomic E-state index is 11.0. The van der Waals surface area contributed by atoms with Gasteiger partial charge in [-0.15, -0.1) is 5.10 Å². The summed E-state index contributed by atoms with van der Waals surface area (Å²) in [6.45, 7) is 0. The van der Waals surface area contributed by atoms with E-state index in [1.807, 2.05) is 5.38 Å². The minimum Gasteiger partial charge on any atom is -0.284 e. The fourth-order valence-corrected chi connectivity index (χ4v) is 2.24. The van der Waals surface area contributed by atoms with E-state index in [4.69, 9.17) is 0 Å². The lowest BCUT2D eigenvalue weighted by Crippen LogP contribution is -2.09. The molecule has 2 rings (SSSR count). The molecule has 0 fully saturated rings. The van der Waals surface area contributed by atoms with Crippen molar-refractivity contribution in [2.75, 3.05) is 11.0 Å². The van der Waals surface area contributed by atoms with Gasteiger partial charge in [-0.05, 0) is 23.7 Å². The van der Waals surface area contributed by atoms with E-state index in [1.165, 1.54) is 11.5 Å². The van der Waals surface area contributed by atoms with Crippen LogP contribution >= 0.6 is 11.5 Å². The van der Waals surface area contributed by atoms with E-state index in [0.29, 0.717) is 5.69 Å². The van der Waals surface area contributed by atoms with Crippen molar-refractivity contribution < 1.29 is 8.42 Å². The SMILES string of the molecule is CS(=O)(=O)Nc1ccc(-c2csnn2)cc1. The minimum absolute atomic E-state index is 0.537. The summed E-state index contributed by atoms with van der Waals surface area (Å²) in [7, 11) is -3.22. The van der Waals surface area contributed by atoms with Gasteiger partial charge in [-0.1, -0.05) is 16.6 Å². The maximum Gasteiger partial charge on any atom is 0.229 e. The summed E-state index contributed by atoms with van der Waals surface area (Å²) in [6, 6.07) is 6.97. The number of nitrogens with one attached hydrogen (secondary N) is 1. The molecule has 0 bridgehead atoms. The Morgan fingerprint density at radius 2 is 1.94 bits per heavy atom. The molecule has 2 aromatic rings. The molecular formula is C9H9N3O2S2. The van der Waals surface area contributed by atoms with Crippen molar-refractivity contribution in [2.45, 2.75) is 0 Å². The molecule has 1 aromatic heterocycles. The Labute approximate surface area is 97.4 Å². The molecule has 5 nitrogen and oxygen atoms in total. The van der Waals surface area contributed by atoms with E-state index in [9.17, 15) is 8.42 Å². The van der Waals surface area contributed by atoms with Crippen LogP contribution in [0.3, 0.4) is 0 Å². The predicted molar refractivity (Wildman–Crippen MR) is 63.8 cm³/mol. The molecule has 1 N–H and O–H groups in total. The Bertz CT molecular complexity index is 561. The third kappa shape index (κ3) is 2.77. The number of nitrogens with zero attached hydrogens (tertiary/aromatic N) is 2. The summed E-state index contributed by atoms with van der Waals surface area (Å²) in [4.78, 5) is 0. The van der Waals surface area contributed by atoms with Crippen LogP contribution in [0.25, 0.3) is 11.3 Å². The van der Waals surface area contributed by atoms with Crippen molar-refractivity contribution in [3.63, 3.8) is 0 Å². The number of rotatable bonds is 3.